The van der Waals surface area contributed by atoms with Crippen LogP contribution in [0.3, 0.4) is 0 Å². The van der Waals surface area contributed by atoms with E-state index in [1.165, 1.54) is 29.4 Å². The molecule has 0 amide bonds. The first kappa shape index (κ1) is 12.7. The van der Waals surface area contributed by atoms with E-state index in [0.29, 0.717) is 0 Å². The summed E-state index contributed by atoms with van der Waals surface area (Å²) in [6, 6.07) is 21.6. The van der Waals surface area contributed by atoms with Crippen molar-refractivity contribution in [3.05, 3.63) is 71.8 Å². The fraction of sp³-hybridized carbons (Fsp3) is 0.200. The maximum Gasteiger partial charge on any atom is -0.00975 e. The maximum atomic E-state index is 2.23. The second kappa shape index (κ2) is 7.59. The van der Waals surface area contributed by atoms with Crippen molar-refractivity contribution in [1.29, 1.82) is 0 Å². The van der Waals surface area contributed by atoms with Gasteiger partial charge in [-0.3, -0.25) is 0 Å². The topological polar surface area (TPSA) is 0 Å². The Morgan fingerprint density at radius 1 is 0.588 bits per heavy atom. The van der Waals surface area contributed by atoms with E-state index in [0.717, 1.165) is 17.2 Å². The summed E-state index contributed by atoms with van der Waals surface area (Å²) in [4.78, 5) is 0. The van der Waals surface area contributed by atoms with E-state index in [9.17, 15) is 0 Å². The van der Waals surface area contributed by atoms with Crippen molar-refractivity contribution >= 4 is 17.2 Å². The molecule has 17 heavy (non-hydrogen) atoms. The summed E-state index contributed by atoms with van der Waals surface area (Å²) in [5.74, 6) is 1.38. The molecule has 0 heterocycles. The predicted molar refractivity (Wildman–Crippen MR) is 81.8 cm³/mol. The Kier molecular flexibility index (Phi) is 5.69. The van der Waals surface area contributed by atoms with E-state index >= 15 is 0 Å². The highest BCUT2D eigenvalue weighted by atomic mass is 31.1. The largest absolute Gasteiger partial charge is 0.113 e. The average molecular weight is 260 g/mol. The van der Waals surface area contributed by atoms with Gasteiger partial charge in [0.15, 0.2) is 0 Å². The summed E-state index contributed by atoms with van der Waals surface area (Å²) in [6.07, 6.45) is 2.51. The molecule has 0 aliphatic heterocycles. The van der Waals surface area contributed by atoms with Crippen LogP contribution in [0.15, 0.2) is 60.7 Å². The van der Waals surface area contributed by atoms with Crippen molar-refractivity contribution in [2.75, 3.05) is 5.90 Å². The Hall–Kier alpha value is -0.700. The van der Waals surface area contributed by atoms with E-state index in [1.807, 2.05) is 0 Å². The Balaban J connectivity index is 1.61. The van der Waals surface area contributed by atoms with Gasteiger partial charge in [0.25, 0.3) is 0 Å². The molecule has 0 radical (unpaired) electrons. The summed E-state index contributed by atoms with van der Waals surface area (Å²) in [5, 5.41) is 0. The molecule has 0 bridgehead atoms. The van der Waals surface area contributed by atoms with Crippen LogP contribution in [0, 0.1) is 0 Å². The highest BCUT2D eigenvalue weighted by molar-refractivity contribution is 7.55. The molecule has 2 unspecified atom stereocenters. The van der Waals surface area contributed by atoms with Crippen LogP contribution in [-0.2, 0) is 12.3 Å². The van der Waals surface area contributed by atoms with Crippen LogP contribution in [-0.4, -0.2) is 5.90 Å². The Morgan fingerprint density at radius 3 is 1.41 bits per heavy atom. The molecule has 0 spiro atoms. The molecule has 2 rings (SSSR count). The lowest BCUT2D eigenvalue weighted by atomic mass is 10.2. The third kappa shape index (κ3) is 4.99. The van der Waals surface area contributed by atoms with Gasteiger partial charge in [-0.2, -0.15) is 0 Å². The van der Waals surface area contributed by atoms with Gasteiger partial charge in [0.05, 0.1) is 0 Å². The van der Waals surface area contributed by atoms with Crippen LogP contribution in [0.25, 0.3) is 0 Å². The monoisotopic (exact) mass is 260 g/mol. The Morgan fingerprint density at radius 2 is 1.00 bits per heavy atom. The molecule has 2 aromatic carbocycles. The van der Waals surface area contributed by atoms with Crippen molar-refractivity contribution in [3.8, 4) is 0 Å². The summed E-state index contributed by atoms with van der Waals surface area (Å²) < 4.78 is 0. The average Bonchev–Trinajstić information content (AvgIpc) is 2.41. The molecule has 0 fully saturated rings. The number of hydrogen-bond acceptors (Lipinski definition) is 0. The van der Waals surface area contributed by atoms with Gasteiger partial charge in [0, 0.05) is 0 Å². The lowest BCUT2D eigenvalue weighted by Gasteiger charge is -2.03. The van der Waals surface area contributed by atoms with Gasteiger partial charge >= 0.3 is 0 Å². The number of benzene rings is 2. The molecule has 88 valence electrons. The van der Waals surface area contributed by atoms with Gasteiger partial charge in [0.1, 0.15) is 0 Å². The minimum absolute atomic E-state index is 1.07. The normalized spacial score (nSPS) is 11.8. The molecule has 2 aromatic rings. The van der Waals surface area contributed by atoms with Crippen molar-refractivity contribution in [3.63, 3.8) is 0 Å². The van der Waals surface area contributed by atoms with E-state index in [2.05, 4.69) is 60.7 Å². The van der Waals surface area contributed by atoms with Gasteiger partial charge in [-0.25, -0.2) is 0 Å². The second-order valence-electron chi connectivity index (χ2n) is 4.00. The molecule has 0 nitrogen and oxygen atoms in total. The molecule has 0 N–H and O–H groups in total. The van der Waals surface area contributed by atoms with Crippen molar-refractivity contribution < 1.29 is 0 Å². The molecule has 2 heteroatoms. The molecule has 2 atom stereocenters. The molecular weight excluding hydrogens is 242 g/mol. The van der Waals surface area contributed by atoms with Crippen LogP contribution in [0.4, 0.5) is 0 Å². The third-order valence-corrected chi connectivity index (χ3v) is 5.91. The first-order valence-corrected chi connectivity index (χ1v) is 8.77. The third-order valence-electron chi connectivity index (χ3n) is 2.59. The fourth-order valence-corrected chi connectivity index (χ4v) is 4.45. The first-order valence-electron chi connectivity index (χ1n) is 5.94. The molecular formula is C15H18P2. The molecule has 0 saturated heterocycles. The van der Waals surface area contributed by atoms with Crippen LogP contribution in [0.5, 0.6) is 0 Å². The minimum atomic E-state index is 1.07. The van der Waals surface area contributed by atoms with Crippen LogP contribution in [0.1, 0.15) is 11.1 Å². The Bertz CT molecular complexity index is 370. The summed E-state index contributed by atoms with van der Waals surface area (Å²) >= 11 is 0. The van der Waals surface area contributed by atoms with Gasteiger partial charge < -0.3 is 0 Å². The van der Waals surface area contributed by atoms with Crippen LogP contribution < -0.4 is 0 Å². The molecule has 0 aromatic heterocycles. The smallest absolute Gasteiger partial charge is 0.00975 e. The summed E-state index contributed by atoms with van der Waals surface area (Å²) in [5.41, 5.74) is 2.96. The van der Waals surface area contributed by atoms with E-state index in [4.69, 9.17) is 0 Å². The minimum Gasteiger partial charge on any atom is -0.113 e. The van der Waals surface area contributed by atoms with Crippen molar-refractivity contribution in [2.24, 2.45) is 0 Å². The van der Waals surface area contributed by atoms with Crippen molar-refractivity contribution in [2.45, 2.75) is 12.3 Å². The van der Waals surface area contributed by atoms with Gasteiger partial charge in [-0.15, -0.1) is 17.2 Å². The predicted octanol–water partition coefficient (Wildman–Crippen LogP) is 4.70. The highest BCUT2D eigenvalue weighted by Gasteiger charge is 1.93. The Labute approximate surface area is 107 Å². The molecule has 0 saturated carbocycles. The summed E-state index contributed by atoms with van der Waals surface area (Å²) in [7, 11) is 2.15. The van der Waals surface area contributed by atoms with Crippen LogP contribution in [0.2, 0.25) is 0 Å². The van der Waals surface area contributed by atoms with E-state index < -0.39 is 0 Å². The fourth-order valence-electron chi connectivity index (χ4n) is 1.69. The van der Waals surface area contributed by atoms with E-state index in [-0.39, 0.29) is 0 Å². The van der Waals surface area contributed by atoms with Crippen LogP contribution >= 0.6 is 17.2 Å². The number of hydrogen-bond donors (Lipinski definition) is 0. The molecule has 0 aliphatic rings. The quantitative estimate of drug-likeness (QED) is 0.521. The zero-order chi connectivity index (χ0) is 11.8. The maximum absolute atomic E-state index is 2.23. The van der Waals surface area contributed by atoms with Gasteiger partial charge in [-0.05, 0) is 29.4 Å². The number of rotatable bonds is 6. The standard InChI is InChI=1S/C15H18P2/c1-3-7-14(8-4-1)11-16-13-17-12-15-9-5-2-6-10-15/h1-10,16-17H,11-13H2. The summed E-state index contributed by atoms with van der Waals surface area (Å²) in [6.45, 7) is 0. The zero-order valence-corrected chi connectivity index (χ0v) is 11.9. The van der Waals surface area contributed by atoms with Gasteiger partial charge in [0.2, 0.25) is 0 Å². The molecule has 0 aliphatic carbocycles. The van der Waals surface area contributed by atoms with E-state index in [1.54, 1.807) is 0 Å². The second-order valence-corrected chi connectivity index (χ2v) is 7.12. The van der Waals surface area contributed by atoms with Crippen molar-refractivity contribution in [1.82, 2.24) is 0 Å². The SMILES string of the molecule is c1ccc(CPCPCc2ccccc2)cc1. The lowest BCUT2D eigenvalue weighted by Crippen LogP contribution is -1.79. The first-order chi connectivity index (χ1) is 8.45. The van der Waals surface area contributed by atoms with Gasteiger partial charge in [-0.1, -0.05) is 60.7 Å². The highest BCUT2D eigenvalue weighted by Crippen LogP contribution is 2.30. The zero-order valence-electron chi connectivity index (χ0n) is 9.89. The lowest BCUT2D eigenvalue weighted by molar-refractivity contribution is 1.40.